The molecule has 1 aliphatic rings. The number of hydrogen-bond donors (Lipinski definition) is 0. The van der Waals surface area contributed by atoms with Crippen molar-refractivity contribution in [2.45, 2.75) is 19.4 Å². The van der Waals surface area contributed by atoms with Gasteiger partial charge in [-0.25, -0.2) is 5.01 Å². The Balaban J connectivity index is 1.92. The molecular formula is C17H14Br2N2O. The van der Waals surface area contributed by atoms with E-state index in [2.05, 4.69) is 37.0 Å². The Morgan fingerprint density at radius 1 is 1.05 bits per heavy atom. The summed E-state index contributed by atoms with van der Waals surface area (Å²) in [7, 11) is 0. The van der Waals surface area contributed by atoms with Gasteiger partial charge in [0.25, 0.3) is 0 Å². The Morgan fingerprint density at radius 2 is 1.59 bits per heavy atom. The fraction of sp³-hybridized carbons (Fsp3) is 0.176. The van der Waals surface area contributed by atoms with Crippen LogP contribution in [0, 0.1) is 0 Å². The Labute approximate surface area is 146 Å². The number of halogens is 2. The van der Waals surface area contributed by atoms with Gasteiger partial charge in [0.2, 0.25) is 5.91 Å². The van der Waals surface area contributed by atoms with E-state index in [1.54, 1.807) is 11.9 Å². The minimum Gasteiger partial charge on any atom is -0.273 e. The molecule has 3 nitrogen and oxygen atoms in total. The first kappa shape index (κ1) is 15.4. The SMILES string of the molecule is CC(=O)N1N=C(c2ccc(Br)cc2)C[C@H]1c1ccc(Br)cc1. The van der Waals surface area contributed by atoms with E-state index in [1.807, 2.05) is 48.5 Å². The number of hydrogen-bond acceptors (Lipinski definition) is 2. The lowest BCUT2D eigenvalue weighted by Crippen LogP contribution is -2.24. The molecule has 0 aromatic heterocycles. The van der Waals surface area contributed by atoms with E-state index in [0.717, 1.165) is 32.2 Å². The van der Waals surface area contributed by atoms with Crippen molar-refractivity contribution in [3.8, 4) is 0 Å². The first-order chi connectivity index (χ1) is 10.5. The molecule has 3 rings (SSSR count). The van der Waals surface area contributed by atoms with E-state index in [-0.39, 0.29) is 11.9 Å². The molecule has 2 aromatic rings. The number of carbonyl (C=O) groups excluding carboxylic acids is 1. The maximum absolute atomic E-state index is 11.9. The van der Waals surface area contributed by atoms with E-state index in [1.165, 1.54) is 0 Å². The van der Waals surface area contributed by atoms with Crippen LogP contribution in [0.1, 0.15) is 30.5 Å². The number of rotatable bonds is 2. The second-order valence-corrected chi connectivity index (χ2v) is 7.02. The predicted molar refractivity (Wildman–Crippen MR) is 94.7 cm³/mol. The third-order valence-electron chi connectivity index (χ3n) is 3.67. The molecule has 0 N–H and O–H groups in total. The van der Waals surface area contributed by atoms with Gasteiger partial charge in [0, 0.05) is 22.3 Å². The molecule has 1 atom stereocenters. The monoisotopic (exact) mass is 420 g/mol. The van der Waals surface area contributed by atoms with Crippen molar-refractivity contribution in [2.75, 3.05) is 0 Å². The first-order valence-electron chi connectivity index (χ1n) is 6.93. The van der Waals surface area contributed by atoms with Crippen molar-refractivity contribution in [1.82, 2.24) is 5.01 Å². The molecule has 0 saturated carbocycles. The van der Waals surface area contributed by atoms with Crippen LogP contribution in [0.4, 0.5) is 0 Å². The second-order valence-electron chi connectivity index (χ2n) is 5.19. The zero-order valence-corrected chi connectivity index (χ0v) is 15.1. The minimum absolute atomic E-state index is 0.0377. The molecular weight excluding hydrogens is 408 g/mol. The highest BCUT2D eigenvalue weighted by Gasteiger charge is 2.31. The molecule has 22 heavy (non-hydrogen) atoms. The van der Waals surface area contributed by atoms with Crippen LogP contribution in [-0.4, -0.2) is 16.6 Å². The molecule has 0 radical (unpaired) electrons. The van der Waals surface area contributed by atoms with E-state index in [4.69, 9.17) is 0 Å². The zero-order chi connectivity index (χ0) is 15.7. The van der Waals surface area contributed by atoms with Crippen molar-refractivity contribution in [3.63, 3.8) is 0 Å². The van der Waals surface area contributed by atoms with E-state index >= 15 is 0 Å². The van der Waals surface area contributed by atoms with Crippen LogP contribution >= 0.6 is 31.9 Å². The molecule has 0 bridgehead atoms. The molecule has 112 valence electrons. The van der Waals surface area contributed by atoms with Gasteiger partial charge < -0.3 is 0 Å². The van der Waals surface area contributed by atoms with Crippen LogP contribution in [0.15, 0.2) is 62.6 Å². The molecule has 0 spiro atoms. The Bertz CT molecular complexity index is 723. The molecule has 0 aliphatic carbocycles. The first-order valence-corrected chi connectivity index (χ1v) is 8.52. The Morgan fingerprint density at radius 3 is 2.14 bits per heavy atom. The normalized spacial score (nSPS) is 17.5. The van der Waals surface area contributed by atoms with Gasteiger partial charge in [0.15, 0.2) is 0 Å². The topological polar surface area (TPSA) is 32.7 Å². The van der Waals surface area contributed by atoms with Gasteiger partial charge in [-0.3, -0.25) is 4.79 Å². The fourth-order valence-electron chi connectivity index (χ4n) is 2.56. The summed E-state index contributed by atoms with van der Waals surface area (Å²) in [6.45, 7) is 1.56. The molecule has 1 heterocycles. The van der Waals surface area contributed by atoms with Crippen LogP contribution in [0.25, 0.3) is 0 Å². The Kier molecular flexibility index (Phi) is 4.45. The van der Waals surface area contributed by atoms with Crippen LogP contribution in [-0.2, 0) is 4.79 Å². The molecule has 1 amide bonds. The van der Waals surface area contributed by atoms with Crippen LogP contribution in [0.5, 0.6) is 0 Å². The van der Waals surface area contributed by atoms with Crippen molar-refractivity contribution < 1.29 is 4.79 Å². The quantitative estimate of drug-likeness (QED) is 0.677. The second kappa shape index (κ2) is 6.34. The van der Waals surface area contributed by atoms with E-state index < -0.39 is 0 Å². The van der Waals surface area contributed by atoms with Crippen LogP contribution < -0.4 is 0 Å². The highest BCUT2D eigenvalue weighted by molar-refractivity contribution is 9.10. The largest absolute Gasteiger partial charge is 0.273 e. The third-order valence-corrected chi connectivity index (χ3v) is 4.72. The van der Waals surface area contributed by atoms with Gasteiger partial charge >= 0.3 is 0 Å². The van der Waals surface area contributed by atoms with E-state index in [0.29, 0.717) is 0 Å². The summed E-state index contributed by atoms with van der Waals surface area (Å²) in [5, 5.41) is 6.13. The maximum Gasteiger partial charge on any atom is 0.240 e. The molecule has 0 saturated heterocycles. The van der Waals surface area contributed by atoms with Gasteiger partial charge in [-0.1, -0.05) is 56.1 Å². The van der Waals surface area contributed by atoms with Crippen molar-refractivity contribution in [1.29, 1.82) is 0 Å². The van der Waals surface area contributed by atoms with Gasteiger partial charge in [0.05, 0.1) is 11.8 Å². The molecule has 1 aliphatic heterocycles. The predicted octanol–water partition coefficient (Wildman–Crippen LogP) is 4.91. The summed E-state index contributed by atoms with van der Waals surface area (Å²) < 4.78 is 2.06. The van der Waals surface area contributed by atoms with Gasteiger partial charge in [-0.2, -0.15) is 5.10 Å². The fourth-order valence-corrected chi connectivity index (χ4v) is 3.09. The van der Waals surface area contributed by atoms with Crippen molar-refractivity contribution in [2.24, 2.45) is 5.10 Å². The number of carbonyl (C=O) groups is 1. The van der Waals surface area contributed by atoms with Crippen molar-refractivity contribution >= 4 is 43.5 Å². The molecule has 5 heteroatoms. The summed E-state index contributed by atoms with van der Waals surface area (Å²) in [5.74, 6) is -0.0416. The Hall–Kier alpha value is -1.46. The summed E-state index contributed by atoms with van der Waals surface area (Å²) in [6, 6.07) is 16.0. The maximum atomic E-state index is 11.9. The minimum atomic E-state index is -0.0416. The van der Waals surface area contributed by atoms with Gasteiger partial charge in [0.1, 0.15) is 0 Å². The lowest BCUT2D eigenvalue weighted by Gasteiger charge is -2.20. The average Bonchev–Trinajstić information content (AvgIpc) is 2.94. The highest BCUT2D eigenvalue weighted by Crippen LogP contribution is 2.33. The summed E-state index contributed by atoms with van der Waals surface area (Å²) in [5.41, 5.74) is 3.08. The smallest absolute Gasteiger partial charge is 0.240 e. The highest BCUT2D eigenvalue weighted by atomic mass is 79.9. The molecule has 2 aromatic carbocycles. The number of amides is 1. The molecule has 0 unspecified atom stereocenters. The number of hydrazone groups is 1. The van der Waals surface area contributed by atoms with Gasteiger partial charge in [-0.05, 0) is 35.4 Å². The van der Waals surface area contributed by atoms with Crippen LogP contribution in [0.2, 0.25) is 0 Å². The van der Waals surface area contributed by atoms with Crippen molar-refractivity contribution in [3.05, 3.63) is 68.6 Å². The standard InChI is InChI=1S/C17H14Br2N2O/c1-11(22)21-17(13-4-8-15(19)9-5-13)10-16(20-21)12-2-6-14(18)7-3-12/h2-9,17H,10H2,1H3/t17-/m0/s1. The number of benzene rings is 2. The third kappa shape index (κ3) is 3.15. The summed E-state index contributed by atoms with van der Waals surface area (Å²) in [4.78, 5) is 11.9. The summed E-state index contributed by atoms with van der Waals surface area (Å²) in [6.07, 6.45) is 0.725. The lowest BCUT2D eigenvalue weighted by molar-refractivity contribution is -0.130. The van der Waals surface area contributed by atoms with Crippen LogP contribution in [0.3, 0.4) is 0 Å². The zero-order valence-electron chi connectivity index (χ0n) is 12.0. The number of nitrogens with zero attached hydrogens (tertiary/aromatic N) is 2. The lowest BCUT2D eigenvalue weighted by atomic mass is 9.98. The van der Waals surface area contributed by atoms with E-state index in [9.17, 15) is 4.79 Å². The van der Waals surface area contributed by atoms with Gasteiger partial charge in [-0.15, -0.1) is 0 Å². The average molecular weight is 422 g/mol. The molecule has 0 fully saturated rings. The summed E-state index contributed by atoms with van der Waals surface area (Å²) >= 11 is 6.88.